The van der Waals surface area contributed by atoms with Gasteiger partial charge >= 0.3 is 12.1 Å². The van der Waals surface area contributed by atoms with Crippen LogP contribution in [0.1, 0.15) is 22.3 Å². The normalized spacial score (nSPS) is 11.0. The number of aliphatic carboxylic acids is 1. The van der Waals surface area contributed by atoms with Crippen molar-refractivity contribution in [1.29, 1.82) is 5.26 Å². The number of halogens is 3. The van der Waals surface area contributed by atoms with E-state index in [1.807, 2.05) is 22.9 Å². The lowest BCUT2D eigenvalue weighted by atomic mass is 10.0. The van der Waals surface area contributed by atoms with Gasteiger partial charge < -0.3 is 14.6 Å². The maximum absolute atomic E-state index is 13.6. The number of carboxylic acids is 1. The minimum atomic E-state index is -4.85. The molecule has 1 N–H and O–H groups in total. The van der Waals surface area contributed by atoms with Crippen LogP contribution in [0.5, 0.6) is 17.2 Å². The van der Waals surface area contributed by atoms with Crippen LogP contribution in [0.3, 0.4) is 0 Å². The van der Waals surface area contributed by atoms with Gasteiger partial charge in [-0.1, -0.05) is 12.1 Å². The molecular formula is C21H14F3NO4S. The second-order valence-corrected chi connectivity index (χ2v) is 6.93. The van der Waals surface area contributed by atoms with Crippen molar-refractivity contribution in [3.05, 3.63) is 75.5 Å². The first kappa shape index (κ1) is 21.2. The van der Waals surface area contributed by atoms with Crippen LogP contribution in [0.25, 0.3) is 0 Å². The molecule has 0 unspecified atom stereocenters. The third-order valence-electron chi connectivity index (χ3n) is 4.02. The number of thiophene rings is 1. The molecule has 0 radical (unpaired) electrons. The van der Waals surface area contributed by atoms with Crippen molar-refractivity contribution in [2.24, 2.45) is 0 Å². The average molecular weight is 433 g/mol. The van der Waals surface area contributed by atoms with Gasteiger partial charge in [-0.25, -0.2) is 0 Å². The van der Waals surface area contributed by atoms with E-state index < -0.39 is 35.4 Å². The number of alkyl halides is 3. The zero-order valence-corrected chi connectivity index (χ0v) is 16.1. The molecule has 0 saturated heterocycles. The van der Waals surface area contributed by atoms with E-state index in [-0.39, 0.29) is 17.9 Å². The number of benzene rings is 2. The van der Waals surface area contributed by atoms with Gasteiger partial charge in [0.1, 0.15) is 35.5 Å². The highest BCUT2D eigenvalue weighted by atomic mass is 32.1. The maximum atomic E-state index is 13.6. The molecule has 0 aliphatic carbocycles. The topological polar surface area (TPSA) is 79.5 Å². The molecule has 3 rings (SSSR count). The van der Waals surface area contributed by atoms with Gasteiger partial charge in [0.15, 0.2) is 0 Å². The number of hydrogen-bond acceptors (Lipinski definition) is 5. The molecular weight excluding hydrogens is 419 g/mol. The van der Waals surface area contributed by atoms with Gasteiger partial charge in [-0.15, -0.1) is 0 Å². The fourth-order valence-corrected chi connectivity index (χ4v) is 3.38. The van der Waals surface area contributed by atoms with Gasteiger partial charge in [-0.2, -0.15) is 29.8 Å². The van der Waals surface area contributed by atoms with Gasteiger partial charge in [0.05, 0.1) is 12.0 Å². The van der Waals surface area contributed by atoms with Crippen LogP contribution in [0.2, 0.25) is 0 Å². The summed E-state index contributed by atoms with van der Waals surface area (Å²) >= 11 is 1.50. The van der Waals surface area contributed by atoms with Crippen LogP contribution >= 0.6 is 11.3 Å². The SMILES string of the molecule is N#Cc1ccc(OCc2ccsc2)cc1Oc1cccc(CC(=O)O)c1C(F)(F)F. The second-order valence-electron chi connectivity index (χ2n) is 6.15. The first-order valence-corrected chi connectivity index (χ1v) is 9.49. The Balaban J connectivity index is 1.95. The van der Waals surface area contributed by atoms with Crippen molar-refractivity contribution in [2.45, 2.75) is 19.2 Å². The van der Waals surface area contributed by atoms with E-state index in [4.69, 9.17) is 14.6 Å². The molecule has 0 amide bonds. The number of ether oxygens (including phenoxy) is 2. The molecule has 9 heteroatoms. The van der Waals surface area contributed by atoms with Crippen LogP contribution in [0.15, 0.2) is 53.2 Å². The predicted molar refractivity (Wildman–Crippen MR) is 103 cm³/mol. The zero-order valence-electron chi connectivity index (χ0n) is 15.3. The van der Waals surface area contributed by atoms with Gasteiger partial charge in [0.25, 0.3) is 0 Å². The molecule has 0 atom stereocenters. The Morgan fingerprint density at radius 2 is 1.97 bits per heavy atom. The lowest BCUT2D eigenvalue weighted by Crippen LogP contribution is -2.14. The minimum absolute atomic E-state index is 0.00893. The van der Waals surface area contributed by atoms with E-state index in [0.29, 0.717) is 5.75 Å². The van der Waals surface area contributed by atoms with Crippen molar-refractivity contribution in [3.8, 4) is 23.3 Å². The third kappa shape index (κ3) is 5.10. The van der Waals surface area contributed by atoms with Crippen LogP contribution < -0.4 is 9.47 Å². The second kappa shape index (κ2) is 8.88. The van der Waals surface area contributed by atoms with Gasteiger partial charge in [0.2, 0.25) is 0 Å². The summed E-state index contributed by atoms with van der Waals surface area (Å²) in [7, 11) is 0. The van der Waals surface area contributed by atoms with E-state index in [1.165, 1.54) is 35.6 Å². The Kier molecular flexibility index (Phi) is 6.28. The monoisotopic (exact) mass is 433 g/mol. The van der Waals surface area contributed by atoms with Crippen LogP contribution in [0, 0.1) is 11.3 Å². The van der Waals surface area contributed by atoms with Crippen LogP contribution in [0.4, 0.5) is 13.2 Å². The van der Waals surface area contributed by atoms with Crippen molar-refractivity contribution in [3.63, 3.8) is 0 Å². The summed E-state index contributed by atoms with van der Waals surface area (Å²) < 4.78 is 52.0. The number of hydrogen-bond donors (Lipinski definition) is 1. The summed E-state index contributed by atoms with van der Waals surface area (Å²) in [5, 5.41) is 22.0. The van der Waals surface area contributed by atoms with Gasteiger partial charge in [0, 0.05) is 6.07 Å². The summed E-state index contributed by atoms with van der Waals surface area (Å²) in [6.07, 6.45) is -5.66. The van der Waals surface area contributed by atoms with Crippen molar-refractivity contribution < 1.29 is 32.5 Å². The molecule has 0 aliphatic rings. The fraction of sp³-hybridized carbons (Fsp3) is 0.143. The average Bonchev–Trinajstić information content (AvgIpc) is 3.19. The molecule has 30 heavy (non-hydrogen) atoms. The molecule has 0 bridgehead atoms. The number of rotatable bonds is 7. The lowest BCUT2D eigenvalue weighted by Gasteiger charge is -2.18. The highest BCUT2D eigenvalue weighted by Gasteiger charge is 2.37. The van der Waals surface area contributed by atoms with E-state index in [2.05, 4.69) is 0 Å². The molecule has 154 valence electrons. The molecule has 0 fully saturated rings. The van der Waals surface area contributed by atoms with E-state index >= 15 is 0 Å². The Hall–Kier alpha value is -3.51. The molecule has 0 saturated carbocycles. The minimum Gasteiger partial charge on any atom is -0.489 e. The summed E-state index contributed by atoms with van der Waals surface area (Å²) in [5.74, 6) is -1.81. The highest BCUT2D eigenvalue weighted by molar-refractivity contribution is 7.07. The largest absolute Gasteiger partial charge is 0.489 e. The molecule has 5 nitrogen and oxygen atoms in total. The number of carboxylic acid groups (broad SMARTS) is 1. The van der Waals surface area contributed by atoms with E-state index in [0.717, 1.165) is 17.7 Å². The van der Waals surface area contributed by atoms with Gasteiger partial charge in [-0.3, -0.25) is 4.79 Å². The molecule has 1 aromatic heterocycles. The fourth-order valence-electron chi connectivity index (χ4n) is 2.72. The summed E-state index contributed by atoms with van der Waals surface area (Å²) in [6, 6.07) is 11.4. The maximum Gasteiger partial charge on any atom is 0.420 e. The summed E-state index contributed by atoms with van der Waals surface area (Å²) in [4.78, 5) is 11.0. The summed E-state index contributed by atoms with van der Waals surface area (Å²) in [5.41, 5.74) is -0.695. The van der Waals surface area contributed by atoms with Crippen molar-refractivity contribution >= 4 is 17.3 Å². The molecule has 2 aromatic carbocycles. The molecule has 3 aromatic rings. The summed E-state index contributed by atoms with van der Waals surface area (Å²) in [6.45, 7) is 0.247. The number of carbonyl (C=O) groups is 1. The third-order valence-corrected chi connectivity index (χ3v) is 4.75. The van der Waals surface area contributed by atoms with E-state index in [1.54, 1.807) is 0 Å². The van der Waals surface area contributed by atoms with E-state index in [9.17, 15) is 23.2 Å². The molecule has 0 aliphatic heterocycles. The standard InChI is InChI=1S/C21H14F3NO4S/c22-21(23,24)20-14(8-19(26)27)2-1-3-17(20)29-18-9-16(5-4-15(18)10-25)28-11-13-6-7-30-12-13/h1-7,9,12H,8,11H2,(H,26,27). The first-order chi connectivity index (χ1) is 14.3. The molecule has 1 heterocycles. The first-order valence-electron chi connectivity index (χ1n) is 8.54. The van der Waals surface area contributed by atoms with Crippen molar-refractivity contribution in [2.75, 3.05) is 0 Å². The smallest absolute Gasteiger partial charge is 0.420 e. The Labute approximate surface area is 173 Å². The Morgan fingerprint density at radius 3 is 2.60 bits per heavy atom. The lowest BCUT2D eigenvalue weighted by molar-refractivity contribution is -0.140. The molecule has 0 spiro atoms. The zero-order chi connectivity index (χ0) is 21.7. The Bertz CT molecular complexity index is 1090. The van der Waals surface area contributed by atoms with Crippen LogP contribution in [-0.2, 0) is 24.0 Å². The van der Waals surface area contributed by atoms with Gasteiger partial charge in [-0.05, 0) is 46.2 Å². The number of nitrogens with zero attached hydrogens (tertiary/aromatic N) is 1. The highest BCUT2D eigenvalue weighted by Crippen LogP contribution is 2.41. The quantitative estimate of drug-likeness (QED) is 0.522. The predicted octanol–water partition coefficient (Wildman–Crippen LogP) is 5.64. The van der Waals surface area contributed by atoms with Crippen molar-refractivity contribution in [1.82, 2.24) is 0 Å². The number of nitriles is 1. The Morgan fingerprint density at radius 1 is 1.17 bits per heavy atom. The van der Waals surface area contributed by atoms with Crippen LogP contribution in [-0.4, -0.2) is 11.1 Å².